The Bertz CT molecular complexity index is 86.5. The molecule has 12 heavy (non-hydrogen) atoms. The van der Waals surface area contributed by atoms with Crippen LogP contribution in [0.4, 0.5) is 0 Å². The Labute approximate surface area is 113 Å². The molecule has 0 bridgehead atoms. The van der Waals surface area contributed by atoms with Crippen molar-refractivity contribution in [2.75, 3.05) is 6.54 Å². The fourth-order valence-corrected chi connectivity index (χ4v) is 1.45. The van der Waals surface area contributed by atoms with Crippen molar-refractivity contribution in [2.24, 2.45) is 11.5 Å². The van der Waals surface area contributed by atoms with Crippen LogP contribution in [0.3, 0.4) is 0 Å². The molecule has 0 aliphatic heterocycles. The van der Waals surface area contributed by atoms with Crippen molar-refractivity contribution in [1.82, 2.24) is 0 Å². The van der Waals surface area contributed by atoms with Crippen molar-refractivity contribution < 1.29 is 31.0 Å². The van der Waals surface area contributed by atoms with Gasteiger partial charge in [-0.05, 0) is 19.4 Å². The van der Waals surface area contributed by atoms with Crippen LogP contribution >= 0.6 is 22.6 Å². The molecule has 0 radical (unpaired) electrons. The molecule has 0 aliphatic carbocycles. The molecule has 0 aliphatic rings. The zero-order chi connectivity index (χ0) is 8.53. The molecular formula is C8H20IN2Na. The summed E-state index contributed by atoms with van der Waals surface area (Å²) in [7, 11) is 0. The maximum absolute atomic E-state index is 5.60. The molecule has 0 rings (SSSR count). The molecule has 0 spiro atoms. The minimum Gasteiger partial charge on any atom is -1.00 e. The second-order valence-electron chi connectivity index (χ2n) is 2.86. The number of hydrogen-bond acceptors (Lipinski definition) is 2. The van der Waals surface area contributed by atoms with Gasteiger partial charge in [0.15, 0.2) is 0 Å². The minimum atomic E-state index is 0. The third-order valence-corrected chi connectivity index (χ3v) is 2.31. The number of nitrogens with two attached hydrogens (primary N) is 2. The maximum Gasteiger partial charge on any atom is 1.00 e. The molecule has 0 aromatic rings. The second kappa shape index (κ2) is 12.7. The number of rotatable bonds is 7. The summed E-state index contributed by atoms with van der Waals surface area (Å²) in [4.78, 5) is 0. The van der Waals surface area contributed by atoms with Crippen molar-refractivity contribution in [3.05, 3.63) is 0 Å². The van der Waals surface area contributed by atoms with Gasteiger partial charge in [-0.25, -0.2) is 0 Å². The summed E-state index contributed by atoms with van der Waals surface area (Å²) in [6, 6.07) is 0. The zero-order valence-electron chi connectivity index (χ0n) is 9.06. The Morgan fingerprint density at radius 2 is 1.58 bits per heavy atom. The average molecular weight is 294 g/mol. The Balaban J connectivity index is -0.000000500. The van der Waals surface area contributed by atoms with Gasteiger partial charge in [0.25, 0.3) is 0 Å². The summed E-state index contributed by atoms with van der Waals surface area (Å²) in [5, 5.41) is 0. The number of hydrogen-bond donors (Lipinski definition) is 2. The Kier molecular flexibility index (Phi) is 17.0. The Hall–Kier alpha value is 1.65. The van der Waals surface area contributed by atoms with Gasteiger partial charge in [-0.3, -0.25) is 0 Å². The van der Waals surface area contributed by atoms with E-state index in [1.165, 1.54) is 32.1 Å². The molecule has 2 nitrogen and oxygen atoms in total. The molecule has 0 heterocycles. The fraction of sp³-hybridized carbons (Fsp3) is 1.00. The van der Waals surface area contributed by atoms with Crippen LogP contribution in [0, 0.1) is 0 Å². The molecular weight excluding hydrogens is 274 g/mol. The first kappa shape index (κ1) is 16.1. The maximum atomic E-state index is 5.60. The van der Waals surface area contributed by atoms with Gasteiger partial charge in [0.1, 0.15) is 0 Å². The molecule has 0 saturated heterocycles. The zero-order valence-corrected chi connectivity index (χ0v) is 12.2. The van der Waals surface area contributed by atoms with Crippen LogP contribution in [-0.2, 0) is 0 Å². The van der Waals surface area contributed by atoms with E-state index in [0.29, 0.717) is 4.05 Å². The van der Waals surface area contributed by atoms with Gasteiger partial charge in [-0.2, -0.15) is 0 Å². The molecule has 70 valence electrons. The molecule has 0 aromatic heterocycles. The largest absolute Gasteiger partial charge is 1.00 e. The normalized spacial score (nSPS) is 12.2. The van der Waals surface area contributed by atoms with Gasteiger partial charge in [0, 0.05) is 0 Å². The first-order valence-electron chi connectivity index (χ1n) is 4.37. The topological polar surface area (TPSA) is 52.0 Å². The molecule has 1 atom stereocenters. The van der Waals surface area contributed by atoms with E-state index in [1.54, 1.807) is 0 Å². The number of halogens is 1. The van der Waals surface area contributed by atoms with Crippen molar-refractivity contribution in [3.63, 3.8) is 0 Å². The summed E-state index contributed by atoms with van der Waals surface area (Å²) in [6.45, 7) is 0.839. The van der Waals surface area contributed by atoms with Gasteiger partial charge < -0.3 is 12.9 Å². The smallest absolute Gasteiger partial charge is 1.00 e. The predicted octanol–water partition coefficient (Wildman–Crippen LogP) is -0.878. The van der Waals surface area contributed by atoms with E-state index >= 15 is 0 Å². The first-order chi connectivity index (χ1) is 5.27. The SMILES string of the molecule is NCCCCCCCC(N)I.[H-].[Na+]. The quantitative estimate of drug-likeness (QED) is 0.211. The van der Waals surface area contributed by atoms with Crippen molar-refractivity contribution >= 4 is 22.6 Å². The fourth-order valence-electron chi connectivity index (χ4n) is 1.01. The number of unbranched alkanes of at least 4 members (excludes halogenated alkanes) is 4. The summed E-state index contributed by atoms with van der Waals surface area (Å²) in [5.74, 6) is 0. The van der Waals surface area contributed by atoms with E-state index < -0.39 is 0 Å². The van der Waals surface area contributed by atoms with E-state index in [0.717, 1.165) is 13.0 Å². The van der Waals surface area contributed by atoms with Gasteiger partial charge in [0.2, 0.25) is 0 Å². The molecule has 0 fully saturated rings. The van der Waals surface area contributed by atoms with Gasteiger partial charge in [-0.1, -0.05) is 48.3 Å². The van der Waals surface area contributed by atoms with E-state index in [2.05, 4.69) is 22.6 Å². The summed E-state index contributed by atoms with van der Waals surface area (Å²) in [5.41, 5.74) is 11.0. The summed E-state index contributed by atoms with van der Waals surface area (Å²) < 4.78 is 0.349. The van der Waals surface area contributed by atoms with Crippen molar-refractivity contribution in [3.8, 4) is 0 Å². The molecule has 4 heteroatoms. The Morgan fingerprint density at radius 1 is 1.08 bits per heavy atom. The first-order valence-corrected chi connectivity index (χ1v) is 5.61. The van der Waals surface area contributed by atoms with Crippen LogP contribution in [-0.4, -0.2) is 10.6 Å². The van der Waals surface area contributed by atoms with E-state index in [1.807, 2.05) is 0 Å². The van der Waals surface area contributed by atoms with Crippen molar-refractivity contribution in [1.29, 1.82) is 0 Å². The molecule has 0 aromatic carbocycles. The summed E-state index contributed by atoms with van der Waals surface area (Å²) >= 11 is 2.27. The Morgan fingerprint density at radius 3 is 2.08 bits per heavy atom. The van der Waals surface area contributed by atoms with E-state index in [-0.39, 0.29) is 31.0 Å². The third-order valence-electron chi connectivity index (χ3n) is 1.68. The molecule has 1 unspecified atom stereocenters. The predicted molar refractivity (Wildman–Crippen MR) is 59.9 cm³/mol. The third kappa shape index (κ3) is 14.2. The minimum absolute atomic E-state index is 0. The van der Waals surface area contributed by atoms with Crippen LogP contribution in [0.1, 0.15) is 40.0 Å². The van der Waals surface area contributed by atoms with Crippen LogP contribution in [0.15, 0.2) is 0 Å². The van der Waals surface area contributed by atoms with Crippen molar-refractivity contribution in [2.45, 2.75) is 42.6 Å². The second-order valence-corrected chi connectivity index (χ2v) is 4.46. The van der Waals surface area contributed by atoms with E-state index in [4.69, 9.17) is 11.5 Å². The standard InChI is InChI=1S/C8H19IN2.Na.H/c9-8(11)6-4-2-1-3-5-7-10;;/h8H,1-7,10-11H2;;/q;+1;-1. The summed E-state index contributed by atoms with van der Waals surface area (Å²) in [6.07, 6.45) is 7.53. The molecule has 0 saturated carbocycles. The van der Waals surface area contributed by atoms with Crippen LogP contribution in [0.2, 0.25) is 0 Å². The number of alkyl halides is 1. The average Bonchev–Trinajstić information content (AvgIpc) is 1.96. The van der Waals surface area contributed by atoms with Gasteiger partial charge in [-0.15, -0.1) is 0 Å². The molecule has 4 N–H and O–H groups in total. The monoisotopic (exact) mass is 294 g/mol. The molecule has 0 amide bonds. The van der Waals surface area contributed by atoms with Crippen LogP contribution < -0.4 is 41.0 Å². The van der Waals surface area contributed by atoms with Crippen LogP contribution in [0.25, 0.3) is 0 Å². The van der Waals surface area contributed by atoms with Gasteiger partial charge >= 0.3 is 29.6 Å². The van der Waals surface area contributed by atoms with E-state index in [9.17, 15) is 0 Å². The van der Waals surface area contributed by atoms with Crippen LogP contribution in [0.5, 0.6) is 0 Å². The van der Waals surface area contributed by atoms with Gasteiger partial charge in [0.05, 0.1) is 4.05 Å².